The molecule has 0 atom stereocenters. The van der Waals surface area contributed by atoms with Gasteiger partial charge in [-0.05, 0) is 48.2 Å². The summed E-state index contributed by atoms with van der Waals surface area (Å²) in [5.41, 5.74) is 4.48. The predicted octanol–water partition coefficient (Wildman–Crippen LogP) is 4.63. The summed E-state index contributed by atoms with van der Waals surface area (Å²) in [4.78, 5) is 26.7. The normalized spacial score (nSPS) is 11.0. The summed E-state index contributed by atoms with van der Waals surface area (Å²) in [7, 11) is 1.68. The van der Waals surface area contributed by atoms with Crippen LogP contribution in [0, 0.1) is 5.82 Å². The van der Waals surface area contributed by atoms with Crippen molar-refractivity contribution in [1.82, 2.24) is 9.55 Å². The summed E-state index contributed by atoms with van der Waals surface area (Å²) in [6, 6.07) is 19.8. The Hall–Kier alpha value is -3.67. The van der Waals surface area contributed by atoms with Crippen LogP contribution in [0.25, 0.3) is 22.2 Å². The monoisotopic (exact) mass is 403 g/mol. The standard InChI is InChI=1S/C24H22FN3O2/c1-28-22-15-18(13-14-21(22)27-24(28)30)26-23(29)8-4-5-16-9-11-17(12-10-16)19-6-2-3-7-20(19)25/h2-3,6-7,9-15H,4-5,8H2,1H3,(H,26,29)(H,27,30). The van der Waals surface area contributed by atoms with Gasteiger partial charge in [0.15, 0.2) is 0 Å². The van der Waals surface area contributed by atoms with E-state index in [1.54, 1.807) is 37.4 Å². The Morgan fingerprint density at radius 2 is 1.83 bits per heavy atom. The van der Waals surface area contributed by atoms with E-state index in [0.29, 0.717) is 24.1 Å². The molecule has 0 aliphatic rings. The molecule has 0 spiro atoms. The van der Waals surface area contributed by atoms with Gasteiger partial charge in [-0.2, -0.15) is 0 Å². The second kappa shape index (κ2) is 8.37. The summed E-state index contributed by atoms with van der Waals surface area (Å²) in [5, 5.41) is 2.88. The van der Waals surface area contributed by atoms with Gasteiger partial charge >= 0.3 is 5.69 Å². The van der Waals surface area contributed by atoms with E-state index in [1.807, 2.05) is 30.3 Å². The Balaban J connectivity index is 1.32. The van der Waals surface area contributed by atoms with Gasteiger partial charge in [0, 0.05) is 24.7 Å². The molecule has 0 saturated heterocycles. The molecule has 0 aliphatic heterocycles. The van der Waals surface area contributed by atoms with E-state index >= 15 is 0 Å². The SMILES string of the molecule is Cn1c(=O)[nH]c2ccc(NC(=O)CCCc3ccc(-c4ccccc4F)cc3)cc21. The van der Waals surface area contributed by atoms with Gasteiger partial charge in [0.2, 0.25) is 5.91 Å². The number of aromatic amines is 1. The van der Waals surface area contributed by atoms with E-state index in [1.165, 1.54) is 10.6 Å². The molecule has 4 rings (SSSR count). The van der Waals surface area contributed by atoms with Crippen molar-refractivity contribution >= 4 is 22.6 Å². The van der Waals surface area contributed by atoms with Crippen LogP contribution in [0.15, 0.2) is 71.5 Å². The van der Waals surface area contributed by atoms with Gasteiger partial charge in [-0.15, -0.1) is 0 Å². The van der Waals surface area contributed by atoms with Crippen LogP contribution in [-0.2, 0) is 18.3 Å². The molecule has 1 heterocycles. The summed E-state index contributed by atoms with van der Waals surface area (Å²) in [6.45, 7) is 0. The lowest BCUT2D eigenvalue weighted by Gasteiger charge is -2.07. The highest BCUT2D eigenvalue weighted by Gasteiger charge is 2.08. The average molecular weight is 403 g/mol. The molecule has 0 bridgehead atoms. The van der Waals surface area contributed by atoms with Crippen molar-refractivity contribution in [2.75, 3.05) is 5.32 Å². The average Bonchev–Trinajstić information content (AvgIpc) is 3.03. The third-order valence-corrected chi connectivity index (χ3v) is 5.20. The lowest BCUT2D eigenvalue weighted by molar-refractivity contribution is -0.116. The zero-order chi connectivity index (χ0) is 21.1. The number of H-pyrrole nitrogens is 1. The largest absolute Gasteiger partial charge is 0.326 e. The summed E-state index contributed by atoms with van der Waals surface area (Å²) >= 11 is 0. The van der Waals surface area contributed by atoms with E-state index in [0.717, 1.165) is 28.6 Å². The molecule has 0 unspecified atom stereocenters. The first-order valence-corrected chi connectivity index (χ1v) is 9.84. The fourth-order valence-electron chi connectivity index (χ4n) is 3.52. The first-order valence-electron chi connectivity index (χ1n) is 9.84. The number of aromatic nitrogens is 2. The quantitative estimate of drug-likeness (QED) is 0.493. The third kappa shape index (κ3) is 4.17. The van der Waals surface area contributed by atoms with Gasteiger partial charge in [-0.1, -0.05) is 42.5 Å². The Morgan fingerprint density at radius 3 is 2.60 bits per heavy atom. The molecule has 30 heavy (non-hydrogen) atoms. The lowest BCUT2D eigenvalue weighted by Crippen LogP contribution is -2.12. The number of fused-ring (bicyclic) bond motifs is 1. The molecule has 3 aromatic carbocycles. The van der Waals surface area contributed by atoms with E-state index in [4.69, 9.17) is 0 Å². The fraction of sp³-hybridized carbons (Fsp3) is 0.167. The molecule has 1 aromatic heterocycles. The molecule has 0 aliphatic carbocycles. The van der Waals surface area contributed by atoms with Crippen LogP contribution in [0.1, 0.15) is 18.4 Å². The Morgan fingerprint density at radius 1 is 1.07 bits per heavy atom. The van der Waals surface area contributed by atoms with Crippen molar-refractivity contribution in [3.8, 4) is 11.1 Å². The number of nitrogens with one attached hydrogen (secondary N) is 2. The number of aryl methyl sites for hydroxylation is 2. The van der Waals surface area contributed by atoms with Gasteiger partial charge in [0.1, 0.15) is 5.82 Å². The molecular formula is C24H22FN3O2. The zero-order valence-corrected chi connectivity index (χ0v) is 16.6. The van der Waals surface area contributed by atoms with Crippen molar-refractivity contribution in [1.29, 1.82) is 0 Å². The molecule has 0 radical (unpaired) electrons. The van der Waals surface area contributed by atoms with Crippen molar-refractivity contribution in [3.05, 3.63) is 88.6 Å². The Labute approximate surface area is 173 Å². The molecule has 5 nitrogen and oxygen atoms in total. The number of nitrogens with zero attached hydrogens (tertiary/aromatic N) is 1. The molecule has 4 aromatic rings. The summed E-state index contributed by atoms with van der Waals surface area (Å²) < 4.78 is 15.4. The first-order chi connectivity index (χ1) is 14.5. The van der Waals surface area contributed by atoms with Crippen molar-refractivity contribution < 1.29 is 9.18 Å². The second-order valence-electron chi connectivity index (χ2n) is 7.30. The van der Waals surface area contributed by atoms with E-state index in [9.17, 15) is 14.0 Å². The van der Waals surface area contributed by atoms with Crippen LogP contribution in [0.3, 0.4) is 0 Å². The van der Waals surface area contributed by atoms with E-state index < -0.39 is 0 Å². The summed E-state index contributed by atoms with van der Waals surface area (Å²) in [6.07, 6.45) is 1.85. The number of carbonyl (C=O) groups excluding carboxylic acids is 1. The molecule has 0 fully saturated rings. The number of rotatable bonds is 6. The number of hydrogen-bond donors (Lipinski definition) is 2. The lowest BCUT2D eigenvalue weighted by atomic mass is 10.0. The number of halogens is 1. The van der Waals surface area contributed by atoms with E-state index in [2.05, 4.69) is 10.3 Å². The van der Waals surface area contributed by atoms with Crippen molar-refractivity contribution in [3.63, 3.8) is 0 Å². The van der Waals surface area contributed by atoms with Crippen LogP contribution in [0.4, 0.5) is 10.1 Å². The minimum atomic E-state index is -0.236. The van der Waals surface area contributed by atoms with Gasteiger partial charge in [0.25, 0.3) is 0 Å². The number of benzene rings is 3. The van der Waals surface area contributed by atoms with Crippen LogP contribution < -0.4 is 11.0 Å². The molecule has 152 valence electrons. The first kappa shape index (κ1) is 19.6. The predicted molar refractivity (Wildman–Crippen MR) is 117 cm³/mol. The summed E-state index contributed by atoms with van der Waals surface area (Å²) in [5.74, 6) is -0.308. The van der Waals surface area contributed by atoms with Crippen molar-refractivity contribution in [2.24, 2.45) is 7.05 Å². The number of anilines is 1. The minimum absolute atomic E-state index is 0.0714. The van der Waals surface area contributed by atoms with Crippen LogP contribution in [0.5, 0.6) is 0 Å². The Bertz CT molecular complexity index is 1260. The third-order valence-electron chi connectivity index (χ3n) is 5.20. The molecule has 0 saturated carbocycles. The highest BCUT2D eigenvalue weighted by molar-refractivity contribution is 5.93. The molecule has 6 heteroatoms. The number of hydrogen-bond acceptors (Lipinski definition) is 2. The van der Waals surface area contributed by atoms with Gasteiger partial charge < -0.3 is 10.3 Å². The molecular weight excluding hydrogens is 381 g/mol. The zero-order valence-electron chi connectivity index (χ0n) is 16.6. The van der Waals surface area contributed by atoms with E-state index in [-0.39, 0.29) is 17.4 Å². The highest BCUT2D eigenvalue weighted by atomic mass is 19.1. The maximum absolute atomic E-state index is 13.9. The molecule has 2 N–H and O–H groups in total. The number of carbonyl (C=O) groups is 1. The smallest absolute Gasteiger partial charge is 0.326 e. The van der Waals surface area contributed by atoms with Crippen LogP contribution in [0.2, 0.25) is 0 Å². The molecule has 1 amide bonds. The number of imidazole rings is 1. The van der Waals surface area contributed by atoms with Gasteiger partial charge in [-0.25, -0.2) is 9.18 Å². The Kier molecular flexibility index (Phi) is 5.48. The van der Waals surface area contributed by atoms with Gasteiger partial charge in [0.05, 0.1) is 11.0 Å². The second-order valence-corrected chi connectivity index (χ2v) is 7.30. The van der Waals surface area contributed by atoms with Crippen molar-refractivity contribution in [2.45, 2.75) is 19.3 Å². The minimum Gasteiger partial charge on any atom is -0.326 e. The fourth-order valence-corrected chi connectivity index (χ4v) is 3.52. The maximum atomic E-state index is 13.9. The topological polar surface area (TPSA) is 66.9 Å². The maximum Gasteiger partial charge on any atom is 0.326 e. The van der Waals surface area contributed by atoms with Gasteiger partial charge in [-0.3, -0.25) is 9.36 Å². The highest BCUT2D eigenvalue weighted by Crippen LogP contribution is 2.23. The number of amides is 1. The van der Waals surface area contributed by atoms with Crippen LogP contribution >= 0.6 is 0 Å². The van der Waals surface area contributed by atoms with Crippen LogP contribution in [-0.4, -0.2) is 15.5 Å².